The summed E-state index contributed by atoms with van der Waals surface area (Å²) < 4.78 is 42.8. The number of benzene rings is 1. The van der Waals surface area contributed by atoms with Crippen molar-refractivity contribution < 1.29 is 17.9 Å². The number of methoxy groups -OCH3 is 1. The van der Waals surface area contributed by atoms with Crippen LogP contribution in [0.5, 0.6) is 0 Å². The topological polar surface area (TPSA) is 21.3 Å². The monoisotopic (exact) mass is 303 g/mol. The quantitative estimate of drug-likeness (QED) is 0.782. The van der Waals surface area contributed by atoms with E-state index in [9.17, 15) is 13.2 Å². The molecule has 21 heavy (non-hydrogen) atoms. The summed E-state index contributed by atoms with van der Waals surface area (Å²) >= 11 is 0. The summed E-state index contributed by atoms with van der Waals surface area (Å²) in [6.45, 7) is 4.88. The van der Waals surface area contributed by atoms with Gasteiger partial charge in [-0.15, -0.1) is 0 Å². The lowest BCUT2D eigenvalue weighted by atomic mass is 9.99. The molecule has 0 bridgehead atoms. The van der Waals surface area contributed by atoms with Gasteiger partial charge < -0.3 is 10.1 Å². The van der Waals surface area contributed by atoms with Crippen LogP contribution in [0.1, 0.15) is 37.8 Å². The third-order valence-electron chi connectivity index (χ3n) is 3.58. The van der Waals surface area contributed by atoms with Crippen LogP contribution >= 0.6 is 0 Å². The first-order chi connectivity index (χ1) is 9.86. The molecule has 2 unspecified atom stereocenters. The van der Waals surface area contributed by atoms with Crippen molar-refractivity contribution in [2.45, 2.75) is 51.4 Å². The lowest BCUT2D eigenvalue weighted by Crippen LogP contribution is -2.32. The Bertz CT molecular complexity index is 403. The van der Waals surface area contributed by atoms with Gasteiger partial charge in [-0.2, -0.15) is 13.2 Å². The first-order valence-corrected chi connectivity index (χ1v) is 7.29. The predicted molar refractivity (Wildman–Crippen MR) is 78.3 cm³/mol. The Morgan fingerprint density at radius 2 is 1.76 bits per heavy atom. The fraction of sp³-hybridized carbons (Fsp3) is 0.625. The van der Waals surface area contributed by atoms with Crippen molar-refractivity contribution in [3.8, 4) is 0 Å². The highest BCUT2D eigenvalue weighted by molar-refractivity contribution is 5.25. The number of ether oxygens (including phenoxy) is 1. The Morgan fingerprint density at radius 1 is 1.14 bits per heavy atom. The van der Waals surface area contributed by atoms with Crippen LogP contribution in [-0.2, 0) is 17.3 Å². The lowest BCUT2D eigenvalue weighted by Gasteiger charge is -2.20. The van der Waals surface area contributed by atoms with Crippen LogP contribution in [0.2, 0.25) is 0 Å². The molecular weight excluding hydrogens is 279 g/mol. The van der Waals surface area contributed by atoms with Crippen LogP contribution in [0, 0.1) is 0 Å². The Labute approximate surface area is 124 Å². The fourth-order valence-corrected chi connectivity index (χ4v) is 2.23. The lowest BCUT2D eigenvalue weighted by molar-refractivity contribution is -0.137. The third-order valence-corrected chi connectivity index (χ3v) is 3.58. The number of alkyl halides is 3. The average molecular weight is 303 g/mol. The Kier molecular flexibility index (Phi) is 7.18. The molecule has 120 valence electrons. The summed E-state index contributed by atoms with van der Waals surface area (Å²) in [5.74, 6) is 0. The molecule has 0 saturated heterocycles. The molecule has 0 aliphatic carbocycles. The molecular formula is C16H24F3NO. The number of nitrogens with one attached hydrogen (secondary N) is 1. The SMILES string of the molecule is CCNC(CCC(C)OC)Cc1ccc(C(F)(F)F)cc1. The maximum Gasteiger partial charge on any atom is 0.416 e. The van der Waals surface area contributed by atoms with E-state index in [1.807, 2.05) is 13.8 Å². The molecule has 0 amide bonds. The van der Waals surface area contributed by atoms with Gasteiger partial charge in [0.05, 0.1) is 11.7 Å². The summed E-state index contributed by atoms with van der Waals surface area (Å²) in [4.78, 5) is 0. The van der Waals surface area contributed by atoms with Crippen LogP contribution in [0.15, 0.2) is 24.3 Å². The minimum atomic E-state index is -4.27. The molecule has 1 N–H and O–H groups in total. The Balaban J connectivity index is 2.62. The molecule has 0 aliphatic heterocycles. The van der Waals surface area contributed by atoms with E-state index in [-0.39, 0.29) is 12.1 Å². The van der Waals surface area contributed by atoms with E-state index >= 15 is 0 Å². The maximum atomic E-state index is 12.5. The van der Waals surface area contributed by atoms with Crippen molar-refractivity contribution in [3.05, 3.63) is 35.4 Å². The zero-order valence-electron chi connectivity index (χ0n) is 12.8. The molecule has 0 aliphatic rings. The standard InChI is InChI=1S/C16H24F3NO/c1-4-20-15(10-5-12(2)21-3)11-13-6-8-14(9-7-13)16(17,18)19/h6-9,12,15,20H,4-5,10-11H2,1-3H3. The highest BCUT2D eigenvalue weighted by Crippen LogP contribution is 2.29. The number of hydrogen-bond donors (Lipinski definition) is 1. The molecule has 2 nitrogen and oxygen atoms in total. The van der Waals surface area contributed by atoms with Crippen molar-refractivity contribution in [1.82, 2.24) is 5.32 Å². The molecule has 1 aromatic rings. The van der Waals surface area contributed by atoms with E-state index in [4.69, 9.17) is 4.74 Å². The summed E-state index contributed by atoms with van der Waals surface area (Å²) in [5, 5.41) is 3.38. The van der Waals surface area contributed by atoms with Gasteiger partial charge in [0.1, 0.15) is 0 Å². The minimum absolute atomic E-state index is 0.193. The highest BCUT2D eigenvalue weighted by atomic mass is 19.4. The summed E-state index contributed by atoms with van der Waals surface area (Å²) in [5.41, 5.74) is 0.318. The van der Waals surface area contributed by atoms with Crippen LogP contribution in [0.4, 0.5) is 13.2 Å². The molecule has 2 atom stereocenters. The average Bonchev–Trinajstić information content (AvgIpc) is 2.44. The first-order valence-electron chi connectivity index (χ1n) is 7.29. The van der Waals surface area contributed by atoms with Gasteiger partial charge in [-0.05, 0) is 50.4 Å². The molecule has 0 radical (unpaired) electrons. The number of rotatable bonds is 8. The van der Waals surface area contributed by atoms with Gasteiger partial charge in [0.2, 0.25) is 0 Å². The van der Waals surface area contributed by atoms with E-state index in [1.165, 1.54) is 0 Å². The van der Waals surface area contributed by atoms with E-state index in [2.05, 4.69) is 5.32 Å². The van der Waals surface area contributed by atoms with E-state index in [0.717, 1.165) is 43.5 Å². The van der Waals surface area contributed by atoms with Gasteiger partial charge in [0.15, 0.2) is 0 Å². The van der Waals surface area contributed by atoms with Crippen LogP contribution in [0.3, 0.4) is 0 Å². The molecule has 1 rings (SSSR count). The van der Waals surface area contributed by atoms with E-state index in [1.54, 1.807) is 19.2 Å². The van der Waals surface area contributed by atoms with Crippen molar-refractivity contribution in [1.29, 1.82) is 0 Å². The van der Waals surface area contributed by atoms with Gasteiger partial charge >= 0.3 is 6.18 Å². The van der Waals surface area contributed by atoms with Crippen molar-refractivity contribution in [2.75, 3.05) is 13.7 Å². The highest BCUT2D eigenvalue weighted by Gasteiger charge is 2.29. The van der Waals surface area contributed by atoms with E-state index in [0.29, 0.717) is 0 Å². The molecule has 0 aromatic heterocycles. The second kappa shape index (κ2) is 8.39. The van der Waals surface area contributed by atoms with Gasteiger partial charge in [-0.3, -0.25) is 0 Å². The van der Waals surface area contributed by atoms with Crippen LogP contribution in [0.25, 0.3) is 0 Å². The van der Waals surface area contributed by atoms with Crippen LogP contribution in [-0.4, -0.2) is 25.8 Å². The zero-order valence-corrected chi connectivity index (χ0v) is 12.8. The van der Waals surface area contributed by atoms with Gasteiger partial charge in [0, 0.05) is 13.2 Å². The first kappa shape index (κ1) is 18.0. The normalized spacial score (nSPS) is 15.0. The molecule has 0 spiro atoms. The molecule has 0 fully saturated rings. The Hall–Kier alpha value is -1.07. The zero-order chi connectivity index (χ0) is 15.9. The molecule has 1 aromatic carbocycles. The van der Waals surface area contributed by atoms with Gasteiger partial charge in [0.25, 0.3) is 0 Å². The van der Waals surface area contributed by atoms with Crippen molar-refractivity contribution in [2.24, 2.45) is 0 Å². The van der Waals surface area contributed by atoms with E-state index < -0.39 is 11.7 Å². The fourth-order valence-electron chi connectivity index (χ4n) is 2.23. The molecule has 0 heterocycles. The van der Waals surface area contributed by atoms with Crippen molar-refractivity contribution >= 4 is 0 Å². The molecule has 5 heteroatoms. The number of halogens is 3. The minimum Gasteiger partial charge on any atom is -0.382 e. The van der Waals surface area contributed by atoms with Crippen LogP contribution < -0.4 is 5.32 Å². The second-order valence-corrected chi connectivity index (χ2v) is 5.28. The largest absolute Gasteiger partial charge is 0.416 e. The number of hydrogen-bond acceptors (Lipinski definition) is 2. The second-order valence-electron chi connectivity index (χ2n) is 5.28. The Morgan fingerprint density at radius 3 is 2.24 bits per heavy atom. The summed E-state index contributed by atoms with van der Waals surface area (Å²) in [7, 11) is 1.68. The van der Waals surface area contributed by atoms with Gasteiger partial charge in [-0.25, -0.2) is 0 Å². The number of likely N-dealkylation sites (N-methyl/N-ethyl adjacent to an activating group) is 1. The molecule has 0 saturated carbocycles. The van der Waals surface area contributed by atoms with Crippen molar-refractivity contribution in [3.63, 3.8) is 0 Å². The van der Waals surface area contributed by atoms with Gasteiger partial charge in [-0.1, -0.05) is 19.1 Å². The maximum absolute atomic E-state index is 12.5. The smallest absolute Gasteiger partial charge is 0.382 e. The summed E-state index contributed by atoms with van der Waals surface area (Å²) in [6.07, 6.45) is -1.49. The third kappa shape index (κ3) is 6.48. The predicted octanol–water partition coefficient (Wildman–Crippen LogP) is 4.04. The summed E-state index contributed by atoms with van der Waals surface area (Å²) in [6, 6.07) is 5.68.